The molecule has 0 saturated carbocycles. The van der Waals surface area contributed by atoms with Gasteiger partial charge in [-0.15, -0.1) is 0 Å². The number of aryl methyl sites for hydroxylation is 2. The van der Waals surface area contributed by atoms with Crippen LogP contribution >= 0.6 is 0 Å². The average Bonchev–Trinajstić information content (AvgIpc) is 2.84. The van der Waals surface area contributed by atoms with Crippen LogP contribution in [0.2, 0.25) is 0 Å². The van der Waals surface area contributed by atoms with Crippen molar-refractivity contribution in [3.63, 3.8) is 0 Å². The van der Waals surface area contributed by atoms with Gasteiger partial charge in [0.25, 0.3) is 5.91 Å². The van der Waals surface area contributed by atoms with Crippen molar-refractivity contribution in [2.75, 3.05) is 5.32 Å². The molecule has 0 unspecified atom stereocenters. The molecule has 2 N–H and O–H groups in total. The molecular formula is C28H28N4O. The zero-order chi connectivity index (χ0) is 23.0. The summed E-state index contributed by atoms with van der Waals surface area (Å²) in [6.07, 6.45) is 3.36. The minimum absolute atomic E-state index is 0.0769. The van der Waals surface area contributed by atoms with E-state index in [4.69, 9.17) is 0 Å². The Morgan fingerprint density at radius 2 is 1.73 bits per heavy atom. The number of rotatable bonds is 8. The molecule has 5 heteroatoms. The van der Waals surface area contributed by atoms with E-state index in [1.54, 1.807) is 6.33 Å². The fourth-order valence-electron chi connectivity index (χ4n) is 3.68. The normalized spacial score (nSPS) is 11.6. The summed E-state index contributed by atoms with van der Waals surface area (Å²) in [5.74, 6) is 0.595. The Bertz CT molecular complexity index is 1220. The molecule has 0 fully saturated rings. The zero-order valence-electron chi connectivity index (χ0n) is 19.0. The van der Waals surface area contributed by atoms with Gasteiger partial charge in [0, 0.05) is 28.9 Å². The molecular weight excluding hydrogens is 408 g/mol. The summed E-state index contributed by atoms with van der Waals surface area (Å²) in [5, 5.41) is 6.39. The summed E-state index contributed by atoms with van der Waals surface area (Å²) >= 11 is 0. The van der Waals surface area contributed by atoms with Gasteiger partial charge in [0.2, 0.25) is 0 Å². The highest BCUT2D eigenvalue weighted by molar-refractivity contribution is 5.95. The van der Waals surface area contributed by atoms with Crippen LogP contribution in [0.25, 0.3) is 11.3 Å². The van der Waals surface area contributed by atoms with Crippen molar-refractivity contribution >= 4 is 17.4 Å². The maximum Gasteiger partial charge on any atom is 0.251 e. The summed E-state index contributed by atoms with van der Waals surface area (Å²) in [7, 11) is 0. The van der Waals surface area contributed by atoms with E-state index in [0.717, 1.165) is 29.8 Å². The van der Waals surface area contributed by atoms with Gasteiger partial charge < -0.3 is 10.6 Å². The Hall–Kier alpha value is -3.99. The summed E-state index contributed by atoms with van der Waals surface area (Å²) < 4.78 is 0. The third-order valence-corrected chi connectivity index (χ3v) is 5.46. The Morgan fingerprint density at radius 1 is 0.909 bits per heavy atom. The van der Waals surface area contributed by atoms with E-state index < -0.39 is 0 Å². The number of nitrogens with one attached hydrogen (secondary N) is 2. The molecule has 4 rings (SSSR count). The van der Waals surface area contributed by atoms with Crippen LogP contribution in [0, 0.1) is 6.92 Å². The second kappa shape index (κ2) is 10.6. The lowest BCUT2D eigenvalue weighted by molar-refractivity contribution is 0.0938. The zero-order valence-corrected chi connectivity index (χ0v) is 19.0. The van der Waals surface area contributed by atoms with Crippen LogP contribution in [0.5, 0.6) is 0 Å². The van der Waals surface area contributed by atoms with Gasteiger partial charge in [0.15, 0.2) is 0 Å². The minimum atomic E-state index is -0.0812. The smallest absolute Gasteiger partial charge is 0.251 e. The van der Waals surface area contributed by atoms with Crippen LogP contribution in [-0.2, 0) is 6.42 Å². The number of amides is 1. The lowest BCUT2D eigenvalue weighted by atomic mass is 10.1. The van der Waals surface area contributed by atoms with Crippen molar-refractivity contribution in [1.29, 1.82) is 0 Å². The van der Waals surface area contributed by atoms with Crippen LogP contribution in [0.4, 0.5) is 11.5 Å². The molecule has 1 aromatic heterocycles. The van der Waals surface area contributed by atoms with E-state index in [9.17, 15) is 4.79 Å². The topological polar surface area (TPSA) is 66.9 Å². The average molecular weight is 437 g/mol. The number of nitrogens with zero attached hydrogens (tertiary/aromatic N) is 2. The van der Waals surface area contributed by atoms with Crippen LogP contribution in [0.3, 0.4) is 0 Å². The van der Waals surface area contributed by atoms with Crippen LogP contribution in [0.15, 0.2) is 91.3 Å². The third kappa shape index (κ3) is 6.26. The summed E-state index contributed by atoms with van der Waals surface area (Å²) in [6.45, 7) is 4.10. The van der Waals surface area contributed by atoms with E-state index in [-0.39, 0.29) is 11.9 Å². The second-order valence-electron chi connectivity index (χ2n) is 8.26. The summed E-state index contributed by atoms with van der Waals surface area (Å²) in [5.41, 5.74) is 5.75. The Balaban J connectivity index is 1.39. The van der Waals surface area contributed by atoms with E-state index in [1.807, 2.05) is 67.6 Å². The minimum Gasteiger partial charge on any atom is -0.350 e. The fraction of sp³-hybridized carbons (Fsp3) is 0.179. The molecule has 0 radical (unpaired) electrons. The molecule has 3 aromatic carbocycles. The number of carbonyl (C=O) groups is 1. The maximum absolute atomic E-state index is 12.8. The van der Waals surface area contributed by atoms with Gasteiger partial charge in [-0.05, 0) is 56.5 Å². The number of carbonyl (C=O) groups excluding carboxylic acids is 1. The SMILES string of the molecule is Cc1cccc(-c2cc(Nc3cccc(C(=O)N[C@H](C)CCc4ccccc4)c3)ncn2)c1. The molecule has 1 atom stereocenters. The molecule has 1 heterocycles. The van der Waals surface area contributed by atoms with Crippen molar-refractivity contribution in [1.82, 2.24) is 15.3 Å². The molecule has 4 aromatic rings. The lowest BCUT2D eigenvalue weighted by Gasteiger charge is -2.15. The predicted octanol–water partition coefficient (Wildman–Crippen LogP) is 5.95. The summed E-state index contributed by atoms with van der Waals surface area (Å²) in [4.78, 5) is 21.5. The number of anilines is 2. The molecule has 1 amide bonds. The highest BCUT2D eigenvalue weighted by Crippen LogP contribution is 2.22. The number of aromatic nitrogens is 2. The largest absolute Gasteiger partial charge is 0.350 e. The highest BCUT2D eigenvalue weighted by atomic mass is 16.1. The maximum atomic E-state index is 12.8. The lowest BCUT2D eigenvalue weighted by Crippen LogP contribution is -2.32. The monoisotopic (exact) mass is 436 g/mol. The Morgan fingerprint density at radius 3 is 2.55 bits per heavy atom. The van der Waals surface area contributed by atoms with E-state index >= 15 is 0 Å². The van der Waals surface area contributed by atoms with Crippen molar-refractivity contribution < 1.29 is 4.79 Å². The second-order valence-corrected chi connectivity index (χ2v) is 8.26. The first-order chi connectivity index (χ1) is 16.1. The van der Waals surface area contributed by atoms with Gasteiger partial charge in [-0.3, -0.25) is 4.79 Å². The van der Waals surface area contributed by atoms with Crippen LogP contribution in [-0.4, -0.2) is 21.9 Å². The van der Waals surface area contributed by atoms with Gasteiger partial charge in [0.1, 0.15) is 12.1 Å². The van der Waals surface area contributed by atoms with Crippen molar-refractivity contribution in [2.45, 2.75) is 32.7 Å². The van der Waals surface area contributed by atoms with Crippen molar-refractivity contribution in [3.8, 4) is 11.3 Å². The van der Waals surface area contributed by atoms with E-state index in [0.29, 0.717) is 11.4 Å². The highest BCUT2D eigenvalue weighted by Gasteiger charge is 2.11. The van der Waals surface area contributed by atoms with Gasteiger partial charge >= 0.3 is 0 Å². The molecule has 0 spiro atoms. The van der Waals surface area contributed by atoms with Gasteiger partial charge in [-0.1, -0.05) is 60.2 Å². The van der Waals surface area contributed by atoms with E-state index in [1.165, 1.54) is 11.1 Å². The number of hydrogen-bond donors (Lipinski definition) is 2. The quantitative estimate of drug-likeness (QED) is 0.358. The van der Waals surface area contributed by atoms with Crippen LogP contribution < -0.4 is 10.6 Å². The standard InChI is InChI=1S/C28H28N4O/c1-20-8-6-11-23(16-20)26-18-27(30-19-29-26)32-25-13-7-12-24(17-25)28(33)31-21(2)14-15-22-9-4-3-5-10-22/h3-13,16-19,21H,14-15H2,1-2H3,(H,31,33)(H,29,30,32)/t21-/m1/s1. The summed E-state index contributed by atoms with van der Waals surface area (Å²) in [6, 6.07) is 28.0. The number of hydrogen-bond acceptors (Lipinski definition) is 4. The van der Waals surface area contributed by atoms with Gasteiger partial charge in [-0.2, -0.15) is 0 Å². The Kier molecular flexibility index (Phi) is 7.10. The molecule has 0 bridgehead atoms. The first kappa shape index (κ1) is 22.2. The molecule has 166 valence electrons. The van der Waals surface area contributed by atoms with Crippen molar-refractivity contribution in [3.05, 3.63) is 108 Å². The van der Waals surface area contributed by atoms with Gasteiger partial charge in [0.05, 0.1) is 5.69 Å². The molecule has 0 saturated heterocycles. The fourth-order valence-corrected chi connectivity index (χ4v) is 3.68. The molecule has 0 aliphatic carbocycles. The Labute approximate surface area is 194 Å². The van der Waals surface area contributed by atoms with Gasteiger partial charge in [-0.25, -0.2) is 9.97 Å². The molecule has 0 aliphatic rings. The van der Waals surface area contributed by atoms with Crippen molar-refractivity contribution in [2.24, 2.45) is 0 Å². The number of benzene rings is 3. The molecule has 5 nitrogen and oxygen atoms in total. The molecule has 0 aliphatic heterocycles. The van der Waals surface area contributed by atoms with E-state index in [2.05, 4.69) is 51.8 Å². The third-order valence-electron chi connectivity index (χ3n) is 5.46. The first-order valence-corrected chi connectivity index (χ1v) is 11.2. The predicted molar refractivity (Wildman–Crippen MR) is 134 cm³/mol. The molecule has 33 heavy (non-hydrogen) atoms. The van der Waals surface area contributed by atoms with Crippen LogP contribution in [0.1, 0.15) is 34.8 Å². The first-order valence-electron chi connectivity index (χ1n) is 11.2.